The molecule has 2 unspecified atom stereocenters. The van der Waals surface area contributed by atoms with Crippen molar-refractivity contribution in [1.82, 2.24) is 21.1 Å². The maximum absolute atomic E-state index is 13.1. The molecular weight excluding hydrogens is 488 g/mol. The van der Waals surface area contributed by atoms with E-state index in [0.29, 0.717) is 25.4 Å². The third-order valence-corrected chi connectivity index (χ3v) is 5.60. The van der Waals surface area contributed by atoms with E-state index in [2.05, 4.69) is 21.1 Å². The number of nitrogens with one attached hydrogen (secondary N) is 3. The molecule has 3 amide bonds. The largest absolute Gasteiger partial charge is 0.382 e. The van der Waals surface area contributed by atoms with Gasteiger partial charge in [0.15, 0.2) is 17.2 Å². The smallest absolute Gasteiger partial charge is 0.274 e. The van der Waals surface area contributed by atoms with Gasteiger partial charge in [0.2, 0.25) is 11.8 Å². The van der Waals surface area contributed by atoms with Crippen LogP contribution in [0.4, 0.5) is 0 Å². The van der Waals surface area contributed by atoms with Gasteiger partial charge < -0.3 is 39.4 Å². The first kappa shape index (κ1) is 30.4. The third-order valence-electron chi connectivity index (χ3n) is 5.60. The summed E-state index contributed by atoms with van der Waals surface area (Å²) in [5.41, 5.74) is -0.953. The number of carbonyl (C=O) groups excluding carboxylic acids is 4. The van der Waals surface area contributed by atoms with Crippen molar-refractivity contribution in [2.24, 2.45) is 5.92 Å². The Bertz CT molecular complexity index is 929. The van der Waals surface area contributed by atoms with E-state index in [9.17, 15) is 19.2 Å². The minimum Gasteiger partial charge on any atom is -0.382 e. The van der Waals surface area contributed by atoms with Crippen LogP contribution in [-0.4, -0.2) is 93.0 Å². The lowest BCUT2D eigenvalue weighted by atomic mass is 9.93. The van der Waals surface area contributed by atoms with Crippen LogP contribution < -0.4 is 16.0 Å². The number of rotatable bonds is 17. The Balaban J connectivity index is 2.06. The van der Waals surface area contributed by atoms with Gasteiger partial charge >= 0.3 is 0 Å². The minimum atomic E-state index is -1.15. The van der Waals surface area contributed by atoms with Gasteiger partial charge in [0.1, 0.15) is 24.3 Å². The molecule has 1 aromatic rings. The van der Waals surface area contributed by atoms with Crippen LogP contribution in [0, 0.1) is 5.92 Å². The number of aromatic nitrogens is 1. The van der Waals surface area contributed by atoms with Crippen LogP contribution in [0.25, 0.3) is 0 Å². The Morgan fingerprint density at radius 3 is 2.11 bits per heavy atom. The van der Waals surface area contributed by atoms with Gasteiger partial charge in [0.25, 0.3) is 5.91 Å². The molecule has 37 heavy (non-hydrogen) atoms. The molecule has 2 rings (SSSR count). The number of methoxy groups -OCH3 is 2. The molecule has 3 N–H and O–H groups in total. The van der Waals surface area contributed by atoms with Crippen molar-refractivity contribution in [1.29, 1.82) is 0 Å². The van der Waals surface area contributed by atoms with Crippen molar-refractivity contribution < 1.29 is 42.6 Å². The number of hydrogen-bond donors (Lipinski definition) is 3. The second-order valence-corrected chi connectivity index (χ2v) is 9.39. The number of hydrogen-bond acceptors (Lipinski definition) is 10. The number of epoxide rings is 1. The lowest BCUT2D eigenvalue weighted by molar-refractivity contribution is -0.134. The maximum atomic E-state index is 13.1. The molecule has 0 bridgehead atoms. The van der Waals surface area contributed by atoms with Crippen LogP contribution in [0.2, 0.25) is 0 Å². The first-order valence-electron chi connectivity index (χ1n) is 12.2. The Morgan fingerprint density at radius 1 is 1.03 bits per heavy atom. The van der Waals surface area contributed by atoms with Gasteiger partial charge in [-0.25, -0.2) is 0 Å². The average Bonchev–Trinajstić information content (AvgIpc) is 3.42. The van der Waals surface area contributed by atoms with Crippen LogP contribution in [0.15, 0.2) is 10.6 Å². The maximum Gasteiger partial charge on any atom is 0.274 e. The molecule has 1 aromatic heterocycles. The quantitative estimate of drug-likeness (QED) is 0.234. The highest BCUT2D eigenvalue weighted by Crippen LogP contribution is 2.29. The van der Waals surface area contributed by atoms with Crippen molar-refractivity contribution in [3.05, 3.63) is 17.5 Å². The topological polar surface area (TPSA) is 171 Å². The zero-order valence-electron chi connectivity index (χ0n) is 22.3. The molecule has 0 radical (unpaired) electrons. The van der Waals surface area contributed by atoms with Crippen molar-refractivity contribution in [2.45, 2.75) is 64.4 Å². The van der Waals surface area contributed by atoms with E-state index in [1.165, 1.54) is 20.3 Å². The predicted octanol–water partition coefficient (Wildman–Crippen LogP) is -0.0240. The number of nitrogens with zero attached hydrogens (tertiary/aromatic N) is 1. The second-order valence-electron chi connectivity index (χ2n) is 9.39. The molecule has 4 atom stereocenters. The van der Waals surface area contributed by atoms with Crippen molar-refractivity contribution in [3.8, 4) is 0 Å². The van der Waals surface area contributed by atoms with E-state index in [1.54, 1.807) is 6.92 Å². The summed E-state index contributed by atoms with van der Waals surface area (Å²) in [7, 11) is 2.74. The van der Waals surface area contributed by atoms with E-state index in [-0.39, 0.29) is 37.2 Å². The zero-order valence-corrected chi connectivity index (χ0v) is 22.3. The third kappa shape index (κ3) is 9.18. The normalized spacial score (nSPS) is 19.1. The fraction of sp³-hybridized carbons (Fsp3) is 0.708. The summed E-state index contributed by atoms with van der Waals surface area (Å²) in [4.78, 5) is 51.6. The van der Waals surface area contributed by atoms with Gasteiger partial charge in [0, 0.05) is 26.9 Å². The van der Waals surface area contributed by atoms with E-state index in [0.717, 1.165) is 0 Å². The summed E-state index contributed by atoms with van der Waals surface area (Å²) in [5.74, 6) is -1.70. The monoisotopic (exact) mass is 526 g/mol. The minimum absolute atomic E-state index is 0.0411. The Hall–Kier alpha value is -2.87. The molecule has 0 aliphatic carbocycles. The van der Waals surface area contributed by atoms with E-state index >= 15 is 0 Å². The molecule has 0 aromatic carbocycles. The van der Waals surface area contributed by atoms with Crippen LogP contribution >= 0.6 is 0 Å². The van der Waals surface area contributed by atoms with Crippen molar-refractivity contribution in [3.63, 3.8) is 0 Å². The first-order valence-corrected chi connectivity index (χ1v) is 12.2. The van der Waals surface area contributed by atoms with Gasteiger partial charge in [0.05, 0.1) is 25.9 Å². The van der Waals surface area contributed by atoms with Gasteiger partial charge in [-0.3, -0.25) is 19.2 Å². The summed E-state index contributed by atoms with van der Waals surface area (Å²) >= 11 is 0. The molecule has 0 spiro atoms. The molecule has 1 aliphatic rings. The first-order chi connectivity index (χ1) is 17.5. The van der Waals surface area contributed by atoms with Crippen LogP contribution in [-0.2, 0) is 39.9 Å². The Morgan fingerprint density at radius 2 is 1.59 bits per heavy atom. The SMILES string of the molecule is CCOCc1cc(C(=O)NC(COC)C(=O)N[C@@H](COC)C(=O)NC(CC(C)C)C(=O)[C@@]2(C)CO2)no1. The standard InChI is InChI=1S/C24H38N4O9/c1-7-35-10-15-9-17(28-37-15)21(30)26-19(12-34-6)23(32)27-18(11-33-5)22(31)25-16(8-14(2)3)20(29)24(4)13-36-24/h9,14,16,18-19H,7-8,10-13H2,1-6H3,(H,25,31)(H,26,30)(H,27,32)/t16?,18-,19?,24+/m0/s1. The van der Waals surface area contributed by atoms with Crippen LogP contribution in [0.1, 0.15) is 50.4 Å². The van der Waals surface area contributed by atoms with Gasteiger partial charge in [-0.15, -0.1) is 0 Å². The number of amides is 3. The Labute approximate surface area is 216 Å². The summed E-state index contributed by atoms with van der Waals surface area (Å²) in [6.07, 6.45) is 0.405. The van der Waals surface area contributed by atoms with Crippen molar-refractivity contribution in [2.75, 3.05) is 40.6 Å². The fourth-order valence-electron chi connectivity index (χ4n) is 3.49. The number of ether oxygens (including phenoxy) is 4. The molecule has 2 heterocycles. The summed E-state index contributed by atoms with van der Waals surface area (Å²) in [6.45, 7) is 7.94. The predicted molar refractivity (Wildman–Crippen MR) is 130 cm³/mol. The zero-order chi connectivity index (χ0) is 27.6. The average molecular weight is 527 g/mol. The fourth-order valence-corrected chi connectivity index (χ4v) is 3.49. The summed E-state index contributed by atoms with van der Waals surface area (Å²) in [6, 6.07) is -1.66. The van der Waals surface area contributed by atoms with Crippen LogP contribution in [0.5, 0.6) is 0 Å². The molecule has 208 valence electrons. The van der Waals surface area contributed by atoms with Gasteiger partial charge in [-0.2, -0.15) is 0 Å². The highest BCUT2D eigenvalue weighted by Gasteiger charge is 2.50. The van der Waals surface area contributed by atoms with Crippen molar-refractivity contribution >= 4 is 23.5 Å². The van der Waals surface area contributed by atoms with E-state index in [1.807, 2.05) is 20.8 Å². The number of ketones is 1. The molecule has 13 nitrogen and oxygen atoms in total. The van der Waals surface area contributed by atoms with Gasteiger partial charge in [-0.05, 0) is 26.2 Å². The lowest BCUT2D eigenvalue weighted by Gasteiger charge is -2.26. The summed E-state index contributed by atoms with van der Waals surface area (Å²) in [5, 5.41) is 11.5. The van der Waals surface area contributed by atoms with E-state index < -0.39 is 41.4 Å². The van der Waals surface area contributed by atoms with Gasteiger partial charge in [-0.1, -0.05) is 19.0 Å². The number of Topliss-reactive ketones (excluding diaryl/α,β-unsaturated/α-hetero) is 1. The second kappa shape index (κ2) is 14.2. The highest BCUT2D eigenvalue weighted by molar-refractivity contribution is 5.99. The molecule has 1 fully saturated rings. The van der Waals surface area contributed by atoms with Crippen LogP contribution in [0.3, 0.4) is 0 Å². The van der Waals surface area contributed by atoms with E-state index in [4.69, 9.17) is 23.5 Å². The molecule has 1 saturated heterocycles. The summed E-state index contributed by atoms with van der Waals surface area (Å²) < 4.78 is 25.7. The highest BCUT2D eigenvalue weighted by atomic mass is 16.6. The lowest BCUT2D eigenvalue weighted by Crippen LogP contribution is -2.58. The molecule has 13 heteroatoms. The number of carbonyl (C=O) groups is 4. The molecule has 0 saturated carbocycles. The Kier molecular flexibility index (Phi) is 11.6. The molecular formula is C24H38N4O9. The molecule has 1 aliphatic heterocycles.